The summed E-state index contributed by atoms with van der Waals surface area (Å²) in [6.07, 6.45) is 17.2. The summed E-state index contributed by atoms with van der Waals surface area (Å²) >= 11 is 0. The SMILES string of the molecule is O=C(CC(O)C1CC2C=CC1C2)OC1(C2CCCCC2)CCCC1.[Ac]. The minimum absolute atomic E-state index is 0. The van der Waals surface area contributed by atoms with Crippen LogP contribution < -0.4 is 0 Å². The topological polar surface area (TPSA) is 46.5 Å². The molecule has 0 aromatic heterocycles. The Hall–Kier alpha value is 0.612. The summed E-state index contributed by atoms with van der Waals surface area (Å²) in [5, 5.41) is 10.6. The Kier molecular flexibility index (Phi) is 7.12. The number of aliphatic hydroxyl groups excluding tert-OH is 1. The van der Waals surface area contributed by atoms with Crippen LogP contribution in [0.2, 0.25) is 0 Å². The van der Waals surface area contributed by atoms with Gasteiger partial charge < -0.3 is 9.84 Å². The first-order valence-corrected chi connectivity index (χ1v) is 10.2. The van der Waals surface area contributed by atoms with Gasteiger partial charge in [-0.25, -0.2) is 0 Å². The summed E-state index contributed by atoms with van der Waals surface area (Å²) in [4.78, 5) is 12.6. The van der Waals surface area contributed by atoms with Gasteiger partial charge in [0, 0.05) is 44.1 Å². The van der Waals surface area contributed by atoms with Gasteiger partial charge >= 0.3 is 5.97 Å². The van der Waals surface area contributed by atoms with E-state index in [1.54, 1.807) is 0 Å². The van der Waals surface area contributed by atoms with Gasteiger partial charge in [0.05, 0.1) is 12.5 Å². The van der Waals surface area contributed by atoms with Gasteiger partial charge in [0.2, 0.25) is 0 Å². The second-order valence-corrected chi connectivity index (χ2v) is 8.80. The molecule has 0 spiro atoms. The molecule has 0 heterocycles. The van der Waals surface area contributed by atoms with E-state index in [0.29, 0.717) is 17.8 Å². The molecule has 1 N–H and O–H groups in total. The molecule has 0 aromatic rings. The summed E-state index contributed by atoms with van der Waals surface area (Å²) in [7, 11) is 0. The maximum Gasteiger partial charge on any atom is 0.308 e. The number of carbonyl (C=O) groups excluding carboxylic acids is 1. The van der Waals surface area contributed by atoms with Crippen molar-refractivity contribution in [2.75, 3.05) is 0 Å². The quantitative estimate of drug-likeness (QED) is 0.402. The van der Waals surface area contributed by atoms with Crippen LogP contribution >= 0.6 is 0 Å². The van der Waals surface area contributed by atoms with Crippen molar-refractivity contribution >= 4 is 5.97 Å². The third kappa shape index (κ3) is 4.38. The minimum atomic E-state index is -0.526. The molecular formula is C21H32AcO3. The van der Waals surface area contributed by atoms with Crippen LogP contribution in [-0.4, -0.2) is 22.8 Å². The van der Waals surface area contributed by atoms with E-state index < -0.39 is 6.10 Å². The number of rotatable bonds is 5. The first kappa shape index (κ1) is 20.3. The molecule has 0 saturated heterocycles. The Labute approximate surface area is 187 Å². The van der Waals surface area contributed by atoms with Crippen molar-refractivity contribution < 1.29 is 58.7 Å². The predicted molar refractivity (Wildman–Crippen MR) is 93.3 cm³/mol. The minimum Gasteiger partial charge on any atom is -0.459 e. The number of fused-ring (bicyclic) bond motifs is 2. The van der Waals surface area contributed by atoms with Crippen LogP contribution in [0.25, 0.3) is 0 Å². The third-order valence-corrected chi connectivity index (χ3v) is 7.32. The molecule has 0 amide bonds. The van der Waals surface area contributed by atoms with E-state index in [2.05, 4.69) is 12.2 Å². The Bertz CT molecular complexity index is 491. The summed E-state index contributed by atoms with van der Waals surface area (Å²) in [6.45, 7) is 0. The van der Waals surface area contributed by atoms with Crippen molar-refractivity contribution in [1.29, 1.82) is 0 Å². The van der Waals surface area contributed by atoms with Crippen LogP contribution in [0.5, 0.6) is 0 Å². The standard InChI is InChI=1S/C21H32O3.Ac/c22-19(18-13-15-8-9-16(18)12-15)14-20(23)24-21(10-4-5-11-21)17-6-2-1-3-7-17;/h8-9,15-19,22H,1-7,10-14H2;. The van der Waals surface area contributed by atoms with Crippen molar-refractivity contribution in [1.82, 2.24) is 0 Å². The molecule has 4 rings (SSSR count). The van der Waals surface area contributed by atoms with Gasteiger partial charge in [0.25, 0.3) is 0 Å². The summed E-state index contributed by atoms with van der Waals surface area (Å²) < 4.78 is 6.13. The number of hydrogen-bond acceptors (Lipinski definition) is 3. The van der Waals surface area contributed by atoms with E-state index in [9.17, 15) is 9.90 Å². The average molecular weight is 559 g/mol. The molecule has 4 aliphatic rings. The number of ether oxygens (including phenoxy) is 1. The number of allylic oxidation sites excluding steroid dienone is 2. The molecule has 4 heteroatoms. The van der Waals surface area contributed by atoms with Crippen molar-refractivity contribution in [3.63, 3.8) is 0 Å². The fourth-order valence-corrected chi connectivity index (χ4v) is 6.05. The fourth-order valence-electron chi connectivity index (χ4n) is 6.05. The van der Waals surface area contributed by atoms with Crippen LogP contribution in [0.15, 0.2) is 12.2 Å². The Balaban J connectivity index is 0.00000182. The van der Waals surface area contributed by atoms with E-state index in [4.69, 9.17) is 4.74 Å². The maximum atomic E-state index is 12.6. The maximum absolute atomic E-state index is 12.6. The first-order chi connectivity index (χ1) is 11.7. The number of esters is 1. The van der Waals surface area contributed by atoms with Crippen LogP contribution in [-0.2, 0) is 9.53 Å². The zero-order valence-electron chi connectivity index (χ0n) is 15.4. The Morgan fingerprint density at radius 1 is 1.08 bits per heavy atom. The van der Waals surface area contributed by atoms with Gasteiger partial charge in [-0.05, 0) is 75.0 Å². The molecule has 3 fully saturated rings. The second kappa shape index (κ2) is 8.74. The molecule has 4 unspecified atom stereocenters. The van der Waals surface area contributed by atoms with E-state index in [1.165, 1.54) is 51.4 Å². The first-order valence-electron chi connectivity index (χ1n) is 10.2. The van der Waals surface area contributed by atoms with E-state index in [0.717, 1.165) is 19.3 Å². The Morgan fingerprint density at radius 3 is 2.40 bits per heavy atom. The van der Waals surface area contributed by atoms with Gasteiger partial charge in [-0.1, -0.05) is 31.4 Å². The number of aliphatic hydroxyl groups is 1. The van der Waals surface area contributed by atoms with Crippen LogP contribution in [0.3, 0.4) is 0 Å². The molecule has 137 valence electrons. The Morgan fingerprint density at radius 2 is 1.80 bits per heavy atom. The monoisotopic (exact) mass is 559 g/mol. The largest absolute Gasteiger partial charge is 0.459 e. The van der Waals surface area contributed by atoms with Crippen LogP contribution in [0.4, 0.5) is 0 Å². The molecule has 3 saturated carbocycles. The van der Waals surface area contributed by atoms with Gasteiger partial charge in [-0.3, -0.25) is 4.79 Å². The molecular weight excluding hydrogens is 527 g/mol. The van der Waals surface area contributed by atoms with Crippen molar-refractivity contribution in [2.45, 2.75) is 88.8 Å². The average Bonchev–Trinajstić information content (AvgIpc) is 3.32. The molecule has 25 heavy (non-hydrogen) atoms. The number of hydrogen-bond donors (Lipinski definition) is 1. The molecule has 4 aliphatic carbocycles. The molecule has 0 aliphatic heterocycles. The normalized spacial score (nSPS) is 34.7. The summed E-state index contributed by atoms with van der Waals surface area (Å²) in [5.41, 5.74) is -0.203. The predicted octanol–water partition coefficient (Wildman–Crippen LogP) is 4.39. The zero-order valence-corrected chi connectivity index (χ0v) is 20.1. The van der Waals surface area contributed by atoms with E-state index in [1.807, 2.05) is 0 Å². The van der Waals surface area contributed by atoms with Crippen LogP contribution in [0, 0.1) is 67.7 Å². The molecule has 4 atom stereocenters. The molecule has 0 aromatic carbocycles. The van der Waals surface area contributed by atoms with Gasteiger partial charge in [-0.15, -0.1) is 0 Å². The third-order valence-electron chi connectivity index (χ3n) is 7.32. The summed E-state index contributed by atoms with van der Waals surface area (Å²) in [5.74, 6) is 1.79. The smallest absolute Gasteiger partial charge is 0.308 e. The summed E-state index contributed by atoms with van der Waals surface area (Å²) in [6, 6.07) is 0. The van der Waals surface area contributed by atoms with Crippen molar-refractivity contribution in [3.8, 4) is 0 Å². The fraction of sp³-hybridized carbons (Fsp3) is 0.857. The van der Waals surface area contributed by atoms with Crippen molar-refractivity contribution in [2.24, 2.45) is 23.7 Å². The van der Waals surface area contributed by atoms with E-state index in [-0.39, 0.29) is 68.0 Å². The molecule has 1 radical (unpaired) electrons. The van der Waals surface area contributed by atoms with Gasteiger partial charge in [0.15, 0.2) is 0 Å². The van der Waals surface area contributed by atoms with Crippen molar-refractivity contribution in [3.05, 3.63) is 12.2 Å². The van der Waals surface area contributed by atoms with Gasteiger partial charge in [-0.2, -0.15) is 0 Å². The zero-order chi connectivity index (χ0) is 16.6. The molecule has 3 nitrogen and oxygen atoms in total. The number of carbonyl (C=O) groups is 1. The van der Waals surface area contributed by atoms with E-state index >= 15 is 0 Å². The van der Waals surface area contributed by atoms with Gasteiger partial charge in [0.1, 0.15) is 5.60 Å². The second-order valence-electron chi connectivity index (χ2n) is 8.80. The molecule has 2 bridgehead atoms. The van der Waals surface area contributed by atoms with Crippen LogP contribution in [0.1, 0.15) is 77.0 Å².